The minimum absolute atomic E-state index is 0.00285. The Kier molecular flexibility index (Phi) is 4.80. The summed E-state index contributed by atoms with van der Waals surface area (Å²) in [5.41, 5.74) is 0.554. The number of carboxylic acids is 1. The summed E-state index contributed by atoms with van der Waals surface area (Å²) in [6, 6.07) is 8.63. The first-order chi connectivity index (χ1) is 10.3. The van der Waals surface area contributed by atoms with Crippen LogP contribution in [0.2, 0.25) is 5.02 Å². The molecular weight excluding hydrogens is 333 g/mol. The lowest BCUT2D eigenvalue weighted by atomic mass is 10.1. The first kappa shape index (κ1) is 16.4. The van der Waals surface area contributed by atoms with E-state index in [0.29, 0.717) is 5.56 Å². The van der Waals surface area contributed by atoms with Gasteiger partial charge in [-0.3, -0.25) is 0 Å². The molecule has 0 amide bonds. The van der Waals surface area contributed by atoms with Crippen molar-refractivity contribution in [3.05, 3.63) is 64.4 Å². The molecule has 0 aliphatic carbocycles. The molecule has 2 rings (SSSR count). The van der Waals surface area contributed by atoms with Crippen molar-refractivity contribution in [3.8, 4) is 0 Å². The number of rotatable bonds is 5. The molecule has 0 spiro atoms. The molecule has 2 aromatic rings. The van der Waals surface area contributed by atoms with Crippen molar-refractivity contribution in [2.24, 2.45) is 0 Å². The maximum atomic E-state index is 13.0. The summed E-state index contributed by atoms with van der Waals surface area (Å²) < 4.78 is 39.5. The molecule has 2 aromatic carbocycles. The van der Waals surface area contributed by atoms with Crippen molar-refractivity contribution in [1.29, 1.82) is 0 Å². The van der Waals surface area contributed by atoms with Crippen LogP contribution in [0.1, 0.15) is 15.9 Å². The third-order valence-electron chi connectivity index (χ3n) is 2.86. The molecule has 0 aliphatic rings. The number of benzene rings is 2. The van der Waals surface area contributed by atoms with Gasteiger partial charge in [0.15, 0.2) is 0 Å². The molecular formula is C14H10ClFNO4S-. The number of nitrogens with one attached hydrogen (secondary N) is 1. The second-order valence-electron chi connectivity index (χ2n) is 4.38. The average Bonchev–Trinajstić information content (AvgIpc) is 2.48. The maximum Gasteiger partial charge on any atom is 0.240 e. The minimum Gasteiger partial charge on any atom is -0.545 e. The SMILES string of the molecule is O=C([O-])c1ccc(CNS(=O)(=O)c2ccc(F)c(Cl)c2)cc1. The van der Waals surface area contributed by atoms with Gasteiger partial charge in [-0.15, -0.1) is 0 Å². The highest BCUT2D eigenvalue weighted by atomic mass is 35.5. The van der Waals surface area contributed by atoms with Crippen LogP contribution >= 0.6 is 11.6 Å². The number of sulfonamides is 1. The molecule has 22 heavy (non-hydrogen) atoms. The van der Waals surface area contributed by atoms with Gasteiger partial charge in [0.25, 0.3) is 0 Å². The molecule has 0 fully saturated rings. The highest BCUT2D eigenvalue weighted by molar-refractivity contribution is 7.89. The van der Waals surface area contributed by atoms with Gasteiger partial charge in [-0.25, -0.2) is 17.5 Å². The van der Waals surface area contributed by atoms with Gasteiger partial charge in [0.05, 0.1) is 15.9 Å². The molecule has 0 atom stereocenters. The van der Waals surface area contributed by atoms with E-state index in [0.717, 1.165) is 18.2 Å². The fourth-order valence-electron chi connectivity index (χ4n) is 1.66. The van der Waals surface area contributed by atoms with Crippen LogP contribution in [0.15, 0.2) is 47.4 Å². The van der Waals surface area contributed by atoms with Crippen LogP contribution in [0.25, 0.3) is 0 Å². The Hall–Kier alpha value is -1.96. The van der Waals surface area contributed by atoms with Crippen LogP contribution in [0, 0.1) is 5.82 Å². The Balaban J connectivity index is 2.12. The van der Waals surface area contributed by atoms with Crippen LogP contribution in [-0.4, -0.2) is 14.4 Å². The van der Waals surface area contributed by atoms with Crippen LogP contribution in [-0.2, 0) is 16.6 Å². The zero-order chi connectivity index (χ0) is 16.3. The fraction of sp³-hybridized carbons (Fsp3) is 0.0714. The molecule has 0 aromatic heterocycles. The summed E-state index contributed by atoms with van der Waals surface area (Å²) in [6.07, 6.45) is 0. The lowest BCUT2D eigenvalue weighted by molar-refractivity contribution is -0.255. The molecule has 5 nitrogen and oxygen atoms in total. The van der Waals surface area contributed by atoms with Crippen LogP contribution in [0.5, 0.6) is 0 Å². The summed E-state index contributed by atoms with van der Waals surface area (Å²) in [4.78, 5) is 10.4. The lowest BCUT2D eigenvalue weighted by Gasteiger charge is -2.08. The van der Waals surface area contributed by atoms with E-state index in [4.69, 9.17) is 11.6 Å². The van der Waals surface area contributed by atoms with E-state index in [1.807, 2.05) is 0 Å². The van der Waals surface area contributed by atoms with Gasteiger partial charge in [0.2, 0.25) is 10.0 Å². The van der Waals surface area contributed by atoms with Crippen LogP contribution < -0.4 is 9.83 Å². The first-order valence-electron chi connectivity index (χ1n) is 6.04. The predicted octanol–water partition coefficient (Wildman–Crippen LogP) is 1.32. The molecule has 116 valence electrons. The Morgan fingerprint density at radius 1 is 1.18 bits per heavy atom. The van der Waals surface area contributed by atoms with E-state index in [2.05, 4.69) is 4.72 Å². The van der Waals surface area contributed by atoms with Gasteiger partial charge in [-0.05, 0) is 29.3 Å². The van der Waals surface area contributed by atoms with E-state index in [-0.39, 0.29) is 22.0 Å². The highest BCUT2D eigenvalue weighted by Gasteiger charge is 2.15. The van der Waals surface area contributed by atoms with Crippen molar-refractivity contribution in [1.82, 2.24) is 4.72 Å². The standard InChI is InChI=1S/C14H11ClFNO4S/c15-12-7-11(5-6-13(12)16)22(20,21)17-8-9-1-3-10(4-2-9)14(18)19/h1-7,17H,8H2,(H,18,19)/p-1. The van der Waals surface area contributed by atoms with E-state index >= 15 is 0 Å². The minimum atomic E-state index is -3.85. The van der Waals surface area contributed by atoms with Crippen molar-refractivity contribution >= 4 is 27.6 Å². The highest BCUT2D eigenvalue weighted by Crippen LogP contribution is 2.19. The summed E-state index contributed by atoms with van der Waals surface area (Å²) in [6.45, 7) is -0.0509. The third kappa shape index (κ3) is 3.82. The Bertz CT molecular complexity index is 806. The van der Waals surface area contributed by atoms with Crippen LogP contribution in [0.4, 0.5) is 4.39 Å². The summed E-state index contributed by atoms with van der Waals surface area (Å²) in [7, 11) is -3.85. The van der Waals surface area contributed by atoms with Gasteiger partial charge >= 0.3 is 0 Å². The number of carbonyl (C=O) groups excluding carboxylic acids is 1. The second kappa shape index (κ2) is 6.43. The Labute approximate surface area is 131 Å². The summed E-state index contributed by atoms with van der Waals surface area (Å²) >= 11 is 5.56. The fourth-order valence-corrected chi connectivity index (χ4v) is 2.95. The van der Waals surface area contributed by atoms with Gasteiger partial charge in [0, 0.05) is 6.54 Å². The molecule has 1 N–H and O–H groups in total. The zero-order valence-electron chi connectivity index (χ0n) is 11.0. The van der Waals surface area contributed by atoms with Crippen LogP contribution in [0.3, 0.4) is 0 Å². The molecule has 0 saturated heterocycles. The van der Waals surface area contributed by atoms with Crippen molar-refractivity contribution in [3.63, 3.8) is 0 Å². The number of carboxylic acid groups (broad SMARTS) is 1. The molecule has 8 heteroatoms. The lowest BCUT2D eigenvalue weighted by Crippen LogP contribution is -2.24. The molecule has 0 heterocycles. The normalized spacial score (nSPS) is 11.4. The Morgan fingerprint density at radius 2 is 1.82 bits per heavy atom. The molecule has 0 bridgehead atoms. The molecule has 0 saturated carbocycles. The molecule has 0 unspecified atom stereocenters. The van der Waals surface area contributed by atoms with Crippen molar-refractivity contribution in [2.75, 3.05) is 0 Å². The monoisotopic (exact) mass is 342 g/mol. The first-order valence-corrected chi connectivity index (χ1v) is 7.91. The van der Waals surface area contributed by atoms with Gasteiger partial charge < -0.3 is 9.90 Å². The summed E-state index contributed by atoms with van der Waals surface area (Å²) in [5, 5.41) is 10.3. The van der Waals surface area contributed by atoms with E-state index < -0.39 is 21.8 Å². The molecule has 0 aliphatic heterocycles. The largest absolute Gasteiger partial charge is 0.545 e. The predicted molar refractivity (Wildman–Crippen MR) is 76.2 cm³/mol. The van der Waals surface area contributed by atoms with E-state index in [1.165, 1.54) is 24.3 Å². The number of halogens is 2. The Morgan fingerprint density at radius 3 is 2.36 bits per heavy atom. The maximum absolute atomic E-state index is 13.0. The third-order valence-corrected chi connectivity index (χ3v) is 4.55. The summed E-state index contributed by atoms with van der Waals surface area (Å²) in [5.74, 6) is -2.02. The van der Waals surface area contributed by atoms with Crippen molar-refractivity contribution in [2.45, 2.75) is 11.4 Å². The van der Waals surface area contributed by atoms with Gasteiger partial charge in [-0.2, -0.15) is 0 Å². The van der Waals surface area contributed by atoms with Gasteiger partial charge in [0.1, 0.15) is 5.82 Å². The van der Waals surface area contributed by atoms with Gasteiger partial charge in [-0.1, -0.05) is 35.9 Å². The molecule has 0 radical (unpaired) electrons. The number of aromatic carboxylic acids is 1. The van der Waals surface area contributed by atoms with Crippen molar-refractivity contribution < 1.29 is 22.7 Å². The number of carbonyl (C=O) groups is 1. The average molecular weight is 343 g/mol. The smallest absolute Gasteiger partial charge is 0.240 e. The van der Waals surface area contributed by atoms with E-state index in [9.17, 15) is 22.7 Å². The number of hydrogen-bond acceptors (Lipinski definition) is 4. The zero-order valence-corrected chi connectivity index (χ0v) is 12.6. The number of hydrogen-bond donors (Lipinski definition) is 1. The second-order valence-corrected chi connectivity index (χ2v) is 6.56. The quantitative estimate of drug-likeness (QED) is 0.888. The topological polar surface area (TPSA) is 86.3 Å². The van der Waals surface area contributed by atoms with E-state index in [1.54, 1.807) is 0 Å².